The van der Waals surface area contributed by atoms with Gasteiger partial charge in [0, 0.05) is 11.0 Å². The van der Waals surface area contributed by atoms with Gasteiger partial charge in [-0.15, -0.1) is 12.4 Å². The summed E-state index contributed by atoms with van der Waals surface area (Å²) in [7, 11) is 0. The average Bonchev–Trinajstić information content (AvgIpc) is 2.82. The van der Waals surface area contributed by atoms with Gasteiger partial charge in [0.15, 0.2) is 0 Å². The van der Waals surface area contributed by atoms with Crippen LogP contribution in [0.5, 0.6) is 0 Å². The van der Waals surface area contributed by atoms with Crippen molar-refractivity contribution in [2.75, 3.05) is 6.54 Å². The maximum atomic E-state index is 13.5. The molecule has 0 radical (unpaired) electrons. The number of hydrogen-bond acceptors (Lipinski definition) is 2. The molecule has 0 unspecified atom stereocenters. The molecule has 1 amide bonds. The summed E-state index contributed by atoms with van der Waals surface area (Å²) >= 11 is 3.31. The molecule has 0 saturated heterocycles. The van der Waals surface area contributed by atoms with E-state index in [1.165, 1.54) is 6.07 Å². The molecule has 0 spiro atoms. The van der Waals surface area contributed by atoms with Gasteiger partial charge in [-0.3, -0.25) is 4.79 Å². The Morgan fingerprint density at radius 3 is 2.70 bits per heavy atom. The van der Waals surface area contributed by atoms with Crippen molar-refractivity contribution in [2.45, 2.75) is 37.6 Å². The van der Waals surface area contributed by atoms with Crippen molar-refractivity contribution in [3.05, 3.63) is 34.1 Å². The molecule has 1 aromatic carbocycles. The Hall–Kier alpha value is -0.650. The number of benzene rings is 1. The van der Waals surface area contributed by atoms with Crippen LogP contribution in [0, 0.1) is 5.82 Å². The van der Waals surface area contributed by atoms with E-state index in [1.807, 2.05) is 0 Å². The standard InChI is InChI=1S/C14H18BrFN2O.ClH/c15-11-3-4-12(16)10(9-11)5-8-18-13(19)14(17)6-1-2-7-14;/h3-4,9H,1-2,5-8,17H2,(H,18,19);1H. The lowest BCUT2D eigenvalue weighted by atomic mass is 9.98. The first-order valence-corrected chi connectivity index (χ1v) is 7.32. The number of halogens is 3. The molecule has 0 atom stereocenters. The van der Waals surface area contributed by atoms with E-state index in [9.17, 15) is 9.18 Å². The van der Waals surface area contributed by atoms with Crippen LogP contribution in [0.15, 0.2) is 22.7 Å². The van der Waals surface area contributed by atoms with Crippen molar-refractivity contribution >= 4 is 34.2 Å². The Balaban J connectivity index is 0.00000200. The summed E-state index contributed by atoms with van der Waals surface area (Å²) in [5.41, 5.74) is 5.92. The highest BCUT2D eigenvalue weighted by molar-refractivity contribution is 9.10. The smallest absolute Gasteiger partial charge is 0.240 e. The summed E-state index contributed by atoms with van der Waals surface area (Å²) in [6.07, 6.45) is 3.95. The van der Waals surface area contributed by atoms with Crippen LogP contribution in [0.4, 0.5) is 4.39 Å². The molecule has 0 aromatic heterocycles. The SMILES string of the molecule is Cl.NC1(C(=O)NCCc2cc(Br)ccc2F)CCCC1. The van der Waals surface area contributed by atoms with Crippen molar-refractivity contribution < 1.29 is 9.18 Å². The predicted molar refractivity (Wildman–Crippen MR) is 83.4 cm³/mol. The zero-order valence-corrected chi connectivity index (χ0v) is 13.5. The second-order valence-electron chi connectivity index (χ2n) is 5.10. The molecule has 2 rings (SSSR count). The van der Waals surface area contributed by atoms with Crippen LogP contribution in [0.3, 0.4) is 0 Å². The number of carbonyl (C=O) groups excluding carboxylic acids is 1. The predicted octanol–water partition coefficient (Wildman–Crippen LogP) is 2.94. The topological polar surface area (TPSA) is 55.1 Å². The first kappa shape index (κ1) is 17.4. The molecule has 3 N–H and O–H groups in total. The maximum absolute atomic E-state index is 13.5. The molecule has 6 heteroatoms. The van der Waals surface area contributed by atoms with Gasteiger partial charge in [0.25, 0.3) is 0 Å². The second-order valence-corrected chi connectivity index (χ2v) is 6.02. The van der Waals surface area contributed by atoms with Crippen molar-refractivity contribution in [1.29, 1.82) is 0 Å². The van der Waals surface area contributed by atoms with E-state index in [0.717, 1.165) is 30.2 Å². The summed E-state index contributed by atoms with van der Waals surface area (Å²) < 4.78 is 14.3. The van der Waals surface area contributed by atoms with Crippen LogP contribution >= 0.6 is 28.3 Å². The minimum absolute atomic E-state index is 0. The van der Waals surface area contributed by atoms with E-state index in [-0.39, 0.29) is 24.1 Å². The van der Waals surface area contributed by atoms with E-state index < -0.39 is 5.54 Å². The van der Waals surface area contributed by atoms with Gasteiger partial charge < -0.3 is 11.1 Å². The zero-order chi connectivity index (χ0) is 13.9. The maximum Gasteiger partial charge on any atom is 0.240 e. The third-order valence-corrected chi connectivity index (χ3v) is 4.13. The summed E-state index contributed by atoms with van der Waals surface area (Å²) in [5, 5.41) is 2.81. The Labute approximate surface area is 133 Å². The average molecular weight is 366 g/mol. The Morgan fingerprint density at radius 1 is 1.40 bits per heavy atom. The molecule has 1 fully saturated rings. The van der Waals surface area contributed by atoms with E-state index in [0.29, 0.717) is 18.5 Å². The molecular formula is C14H19BrClFN2O. The first-order chi connectivity index (χ1) is 9.01. The number of hydrogen-bond donors (Lipinski definition) is 2. The molecule has 112 valence electrons. The lowest BCUT2D eigenvalue weighted by Crippen LogP contribution is -2.52. The van der Waals surface area contributed by atoms with E-state index in [1.54, 1.807) is 12.1 Å². The third-order valence-electron chi connectivity index (χ3n) is 3.64. The van der Waals surface area contributed by atoms with Gasteiger partial charge in [0.05, 0.1) is 5.54 Å². The van der Waals surface area contributed by atoms with Gasteiger partial charge in [-0.1, -0.05) is 28.8 Å². The van der Waals surface area contributed by atoms with Gasteiger partial charge >= 0.3 is 0 Å². The van der Waals surface area contributed by atoms with Crippen molar-refractivity contribution in [3.63, 3.8) is 0 Å². The highest BCUT2D eigenvalue weighted by atomic mass is 79.9. The Bertz CT molecular complexity index is 478. The van der Waals surface area contributed by atoms with Gasteiger partial charge in [-0.05, 0) is 43.0 Å². The number of amides is 1. The summed E-state index contributed by atoms with van der Waals surface area (Å²) in [5.74, 6) is -0.360. The Morgan fingerprint density at radius 2 is 2.05 bits per heavy atom. The molecule has 0 bridgehead atoms. The summed E-state index contributed by atoms with van der Waals surface area (Å²) in [6, 6.07) is 4.81. The molecule has 0 heterocycles. The Kier molecular flexibility index (Phi) is 6.43. The van der Waals surface area contributed by atoms with Gasteiger partial charge in [-0.25, -0.2) is 4.39 Å². The summed E-state index contributed by atoms with van der Waals surface area (Å²) in [4.78, 5) is 12.0. The minimum Gasteiger partial charge on any atom is -0.354 e. The first-order valence-electron chi connectivity index (χ1n) is 6.52. The lowest BCUT2D eigenvalue weighted by Gasteiger charge is -2.22. The van der Waals surface area contributed by atoms with Crippen LogP contribution in [-0.4, -0.2) is 18.0 Å². The van der Waals surface area contributed by atoms with Crippen LogP contribution < -0.4 is 11.1 Å². The molecule has 0 aliphatic heterocycles. The van der Waals surface area contributed by atoms with Gasteiger partial charge in [-0.2, -0.15) is 0 Å². The van der Waals surface area contributed by atoms with E-state index >= 15 is 0 Å². The van der Waals surface area contributed by atoms with Crippen molar-refractivity contribution in [3.8, 4) is 0 Å². The van der Waals surface area contributed by atoms with Crippen LogP contribution in [0.1, 0.15) is 31.2 Å². The van der Waals surface area contributed by atoms with Crippen LogP contribution in [-0.2, 0) is 11.2 Å². The molecule has 1 aliphatic carbocycles. The highest BCUT2D eigenvalue weighted by Crippen LogP contribution is 2.27. The largest absolute Gasteiger partial charge is 0.354 e. The normalized spacial score (nSPS) is 16.6. The zero-order valence-electron chi connectivity index (χ0n) is 11.1. The molecule has 20 heavy (non-hydrogen) atoms. The molecule has 1 aromatic rings. The van der Waals surface area contributed by atoms with E-state index in [2.05, 4.69) is 21.2 Å². The number of nitrogens with one attached hydrogen (secondary N) is 1. The molecule has 1 saturated carbocycles. The fourth-order valence-corrected chi connectivity index (χ4v) is 2.86. The van der Waals surface area contributed by atoms with Crippen molar-refractivity contribution in [2.24, 2.45) is 5.73 Å². The molecule has 3 nitrogen and oxygen atoms in total. The number of carbonyl (C=O) groups is 1. The summed E-state index contributed by atoms with van der Waals surface area (Å²) in [6.45, 7) is 0.408. The fraction of sp³-hybridized carbons (Fsp3) is 0.500. The quantitative estimate of drug-likeness (QED) is 0.862. The second kappa shape index (κ2) is 7.38. The van der Waals surface area contributed by atoms with Crippen LogP contribution in [0.2, 0.25) is 0 Å². The molecular weight excluding hydrogens is 347 g/mol. The third kappa shape index (κ3) is 4.17. The monoisotopic (exact) mass is 364 g/mol. The van der Waals surface area contributed by atoms with Gasteiger partial charge in [0.2, 0.25) is 5.91 Å². The van der Waals surface area contributed by atoms with Crippen LogP contribution in [0.25, 0.3) is 0 Å². The lowest BCUT2D eigenvalue weighted by molar-refractivity contribution is -0.126. The number of rotatable bonds is 4. The van der Waals surface area contributed by atoms with Crippen molar-refractivity contribution in [1.82, 2.24) is 5.32 Å². The highest BCUT2D eigenvalue weighted by Gasteiger charge is 2.36. The fourth-order valence-electron chi connectivity index (χ4n) is 2.45. The minimum atomic E-state index is -0.712. The van der Waals surface area contributed by atoms with E-state index in [4.69, 9.17) is 5.73 Å². The number of nitrogens with two attached hydrogens (primary N) is 1. The molecule has 1 aliphatic rings. The van der Waals surface area contributed by atoms with Gasteiger partial charge in [0.1, 0.15) is 5.82 Å².